The molecule has 31 heavy (non-hydrogen) atoms. The first-order valence-electron chi connectivity index (χ1n) is 10.3. The molecule has 164 valence electrons. The minimum Gasteiger partial charge on any atom is -0.496 e. The third kappa shape index (κ3) is 4.67. The van der Waals surface area contributed by atoms with Crippen LogP contribution in [0.2, 0.25) is 0 Å². The molecule has 4 rings (SSSR count). The van der Waals surface area contributed by atoms with Crippen molar-refractivity contribution in [1.29, 1.82) is 0 Å². The summed E-state index contributed by atoms with van der Waals surface area (Å²) in [6.07, 6.45) is 0. The molecule has 0 amide bonds. The second-order valence-corrected chi connectivity index (χ2v) is 7.40. The lowest BCUT2D eigenvalue weighted by Gasteiger charge is -2.40. The van der Waals surface area contributed by atoms with Crippen molar-refractivity contribution in [3.05, 3.63) is 65.7 Å². The summed E-state index contributed by atoms with van der Waals surface area (Å²) in [7, 11) is 3.34. The lowest BCUT2D eigenvalue weighted by atomic mass is 10.0. The Morgan fingerprint density at radius 1 is 1.00 bits per heavy atom. The highest BCUT2D eigenvalue weighted by atomic mass is 19.1. The Morgan fingerprint density at radius 2 is 1.74 bits per heavy atom. The number of methoxy groups -OCH3 is 2. The maximum atomic E-state index is 13.3. The average Bonchev–Trinajstić information content (AvgIpc) is 3.27. The molecular weight excluding hydrogens is 399 g/mol. The molecule has 0 N–H and O–H groups in total. The van der Waals surface area contributed by atoms with Crippen molar-refractivity contribution in [2.24, 2.45) is 0 Å². The summed E-state index contributed by atoms with van der Waals surface area (Å²) < 4.78 is 26.0. The predicted molar refractivity (Wildman–Crippen MR) is 115 cm³/mol. The zero-order valence-corrected chi connectivity index (χ0v) is 17.8. The third-order valence-electron chi connectivity index (χ3n) is 5.62. The van der Waals surface area contributed by atoms with Crippen molar-refractivity contribution in [2.75, 3.05) is 51.9 Å². The van der Waals surface area contributed by atoms with Gasteiger partial charge in [-0.05, 0) is 40.8 Å². The summed E-state index contributed by atoms with van der Waals surface area (Å²) in [5.41, 5.74) is 2.05. The van der Waals surface area contributed by atoms with E-state index in [0.717, 1.165) is 49.0 Å². The molecule has 1 aliphatic rings. The number of para-hydroxylation sites is 1. The highest BCUT2D eigenvalue weighted by molar-refractivity contribution is 5.47. The van der Waals surface area contributed by atoms with E-state index in [1.165, 1.54) is 12.1 Å². The normalized spacial score (nSPS) is 15.8. The first-order valence-corrected chi connectivity index (χ1v) is 10.3. The largest absolute Gasteiger partial charge is 0.496 e. The van der Waals surface area contributed by atoms with Crippen LogP contribution < -0.4 is 9.64 Å². The third-order valence-corrected chi connectivity index (χ3v) is 5.62. The maximum absolute atomic E-state index is 13.3. The van der Waals surface area contributed by atoms with E-state index < -0.39 is 0 Å². The van der Waals surface area contributed by atoms with E-state index in [1.54, 1.807) is 18.9 Å². The van der Waals surface area contributed by atoms with Gasteiger partial charge in [0.1, 0.15) is 17.6 Å². The Bertz CT molecular complexity index is 972. The van der Waals surface area contributed by atoms with Gasteiger partial charge in [0.15, 0.2) is 5.82 Å². The average molecular weight is 426 g/mol. The Hall–Kier alpha value is -3.04. The van der Waals surface area contributed by atoms with Crippen molar-refractivity contribution in [3.8, 4) is 5.75 Å². The van der Waals surface area contributed by atoms with Crippen molar-refractivity contribution < 1.29 is 13.9 Å². The smallest absolute Gasteiger partial charge is 0.173 e. The van der Waals surface area contributed by atoms with Gasteiger partial charge in [-0.25, -0.2) is 9.07 Å². The summed E-state index contributed by atoms with van der Waals surface area (Å²) in [4.78, 5) is 4.63. The molecule has 0 unspecified atom stereocenters. The van der Waals surface area contributed by atoms with Crippen LogP contribution in [0.15, 0.2) is 48.5 Å². The van der Waals surface area contributed by atoms with Crippen molar-refractivity contribution in [2.45, 2.75) is 12.6 Å². The Morgan fingerprint density at radius 3 is 2.45 bits per heavy atom. The molecule has 0 aliphatic carbocycles. The van der Waals surface area contributed by atoms with Gasteiger partial charge in [-0.2, -0.15) is 0 Å². The second kappa shape index (κ2) is 9.84. The summed E-state index contributed by atoms with van der Waals surface area (Å²) in [6, 6.07) is 14.5. The Balaban J connectivity index is 1.61. The fourth-order valence-electron chi connectivity index (χ4n) is 4.03. The number of anilines is 1. The van der Waals surface area contributed by atoms with E-state index in [0.29, 0.717) is 13.2 Å². The maximum Gasteiger partial charge on any atom is 0.173 e. The minimum absolute atomic E-state index is 0.154. The van der Waals surface area contributed by atoms with Crippen LogP contribution in [-0.2, 0) is 11.3 Å². The fraction of sp³-hybridized carbons (Fsp3) is 0.409. The van der Waals surface area contributed by atoms with Crippen molar-refractivity contribution in [1.82, 2.24) is 25.1 Å². The summed E-state index contributed by atoms with van der Waals surface area (Å²) >= 11 is 0. The molecule has 1 aliphatic heterocycles. The zero-order valence-electron chi connectivity index (χ0n) is 17.8. The van der Waals surface area contributed by atoms with Crippen LogP contribution in [0.5, 0.6) is 5.75 Å². The molecule has 0 saturated carbocycles. The van der Waals surface area contributed by atoms with Crippen LogP contribution in [0.25, 0.3) is 0 Å². The molecule has 1 saturated heterocycles. The van der Waals surface area contributed by atoms with Gasteiger partial charge in [0.05, 0.1) is 20.3 Å². The number of hydrogen-bond acceptors (Lipinski definition) is 7. The Kier molecular flexibility index (Phi) is 6.73. The quantitative estimate of drug-likeness (QED) is 0.548. The van der Waals surface area contributed by atoms with E-state index >= 15 is 0 Å². The standard InChI is InChI=1S/C22H27FN6O2/c1-30-16-15-29-22(24-25-26-29)21(19-5-3-4-6-20(19)31-2)28-13-11-27(12-14-28)18-9-7-17(23)8-10-18/h3-10,21H,11-16H2,1-2H3/t21-/m1/s1. The highest BCUT2D eigenvalue weighted by Crippen LogP contribution is 2.34. The molecule has 9 heteroatoms. The van der Waals surface area contributed by atoms with Crippen LogP contribution in [0, 0.1) is 5.82 Å². The molecule has 2 heterocycles. The number of ether oxygens (including phenoxy) is 2. The molecule has 0 radical (unpaired) electrons. The lowest BCUT2D eigenvalue weighted by Crippen LogP contribution is -2.48. The minimum atomic E-state index is -0.221. The van der Waals surface area contributed by atoms with Gasteiger partial charge in [0.25, 0.3) is 0 Å². The molecule has 8 nitrogen and oxygen atoms in total. The Labute approximate surface area is 181 Å². The highest BCUT2D eigenvalue weighted by Gasteiger charge is 2.32. The van der Waals surface area contributed by atoms with Gasteiger partial charge >= 0.3 is 0 Å². The number of tetrazole rings is 1. The van der Waals surface area contributed by atoms with Gasteiger partial charge < -0.3 is 14.4 Å². The van der Waals surface area contributed by atoms with Gasteiger partial charge in [0.2, 0.25) is 0 Å². The molecule has 1 fully saturated rings. The number of benzene rings is 2. The number of aromatic nitrogens is 4. The van der Waals surface area contributed by atoms with Gasteiger partial charge in [-0.1, -0.05) is 18.2 Å². The van der Waals surface area contributed by atoms with Crippen LogP contribution in [-0.4, -0.2) is 72.1 Å². The molecule has 1 aromatic heterocycles. The van der Waals surface area contributed by atoms with Gasteiger partial charge in [-0.15, -0.1) is 5.10 Å². The summed E-state index contributed by atoms with van der Waals surface area (Å²) in [6.45, 7) is 4.33. The first-order chi connectivity index (χ1) is 15.2. The summed E-state index contributed by atoms with van der Waals surface area (Å²) in [5.74, 6) is 1.34. The van der Waals surface area contributed by atoms with E-state index in [9.17, 15) is 4.39 Å². The van der Waals surface area contributed by atoms with Crippen molar-refractivity contribution in [3.63, 3.8) is 0 Å². The number of nitrogens with zero attached hydrogens (tertiary/aromatic N) is 6. The molecule has 1 atom stereocenters. The van der Waals surface area contributed by atoms with Gasteiger partial charge in [-0.3, -0.25) is 4.90 Å². The van der Waals surface area contributed by atoms with E-state index in [1.807, 2.05) is 30.3 Å². The first kappa shape index (κ1) is 21.2. The predicted octanol–water partition coefficient (Wildman–Crippen LogP) is 2.38. The molecule has 3 aromatic rings. The second-order valence-electron chi connectivity index (χ2n) is 7.40. The zero-order chi connectivity index (χ0) is 21.6. The van der Waals surface area contributed by atoms with Crippen LogP contribution in [0.1, 0.15) is 17.4 Å². The monoisotopic (exact) mass is 426 g/mol. The van der Waals surface area contributed by atoms with E-state index in [4.69, 9.17) is 9.47 Å². The van der Waals surface area contributed by atoms with Crippen LogP contribution in [0.3, 0.4) is 0 Å². The SMILES string of the molecule is COCCn1nnnc1[C@@H](c1ccccc1OC)N1CCN(c2ccc(F)cc2)CC1. The fourth-order valence-corrected chi connectivity index (χ4v) is 4.03. The number of hydrogen-bond donors (Lipinski definition) is 0. The number of piperazine rings is 1. The molecule has 0 bridgehead atoms. The van der Waals surface area contributed by atoms with E-state index in [2.05, 4.69) is 31.4 Å². The molecular formula is C22H27FN6O2. The van der Waals surface area contributed by atoms with Crippen LogP contribution in [0.4, 0.5) is 10.1 Å². The lowest BCUT2D eigenvalue weighted by molar-refractivity contribution is 0.171. The topological polar surface area (TPSA) is 68.5 Å². The van der Waals surface area contributed by atoms with Crippen LogP contribution >= 0.6 is 0 Å². The number of halogens is 1. The molecule has 2 aromatic carbocycles. The van der Waals surface area contributed by atoms with Crippen molar-refractivity contribution >= 4 is 5.69 Å². The van der Waals surface area contributed by atoms with Gasteiger partial charge in [0, 0.05) is 44.5 Å². The van der Waals surface area contributed by atoms with E-state index in [-0.39, 0.29) is 11.9 Å². The number of rotatable bonds is 8. The molecule has 0 spiro atoms. The summed E-state index contributed by atoms with van der Waals surface area (Å²) in [5, 5.41) is 12.5.